The summed E-state index contributed by atoms with van der Waals surface area (Å²) in [6.07, 6.45) is 0.521. The van der Waals surface area contributed by atoms with Crippen LogP contribution in [0.2, 0.25) is 0 Å². The predicted molar refractivity (Wildman–Crippen MR) is 116 cm³/mol. The smallest absolute Gasteiger partial charge is 0.240 e. The van der Waals surface area contributed by atoms with E-state index in [1.165, 1.54) is 18.7 Å². The zero-order valence-corrected chi connectivity index (χ0v) is 17.5. The van der Waals surface area contributed by atoms with Gasteiger partial charge in [0, 0.05) is 11.3 Å². The lowest BCUT2D eigenvalue weighted by atomic mass is 10.1. The molecular weight excluding hydrogens is 404 g/mol. The van der Waals surface area contributed by atoms with E-state index < -0.39 is 11.5 Å². The zero-order valence-electron chi connectivity index (χ0n) is 16.7. The van der Waals surface area contributed by atoms with Gasteiger partial charge in [-0.3, -0.25) is 14.4 Å². The number of hydrazine groups is 1. The first-order valence-electron chi connectivity index (χ1n) is 9.41. The second-order valence-electron chi connectivity index (χ2n) is 6.78. The van der Waals surface area contributed by atoms with Gasteiger partial charge in [-0.2, -0.15) is 0 Å². The quantitative estimate of drug-likeness (QED) is 0.474. The highest BCUT2D eigenvalue weighted by molar-refractivity contribution is 8.00. The predicted octanol–water partition coefficient (Wildman–Crippen LogP) is 1.69. The monoisotopic (exact) mass is 428 g/mol. The Balaban J connectivity index is 1.44. The third-order valence-corrected chi connectivity index (χ3v) is 5.51. The van der Waals surface area contributed by atoms with Crippen LogP contribution in [-0.2, 0) is 16.0 Å². The molecule has 9 heteroatoms. The van der Waals surface area contributed by atoms with Crippen molar-refractivity contribution in [3.8, 4) is 5.75 Å². The molecule has 1 aliphatic rings. The highest BCUT2D eigenvalue weighted by atomic mass is 32.2. The third kappa shape index (κ3) is 6.06. The second kappa shape index (κ2) is 10.2. The van der Waals surface area contributed by atoms with Crippen LogP contribution in [0.4, 0.5) is 5.69 Å². The Labute approximate surface area is 179 Å². The molecule has 1 aliphatic heterocycles. The molecule has 2 aromatic carbocycles. The van der Waals surface area contributed by atoms with Gasteiger partial charge >= 0.3 is 0 Å². The Hall–Kier alpha value is -2.88. The van der Waals surface area contributed by atoms with Crippen LogP contribution < -0.4 is 26.2 Å². The van der Waals surface area contributed by atoms with Crippen molar-refractivity contribution in [2.75, 3.05) is 18.2 Å². The van der Waals surface area contributed by atoms with Crippen molar-refractivity contribution >= 4 is 35.0 Å². The van der Waals surface area contributed by atoms with E-state index in [1.54, 1.807) is 31.4 Å². The van der Waals surface area contributed by atoms with Crippen LogP contribution in [0.25, 0.3) is 0 Å². The summed E-state index contributed by atoms with van der Waals surface area (Å²) in [6.45, 7) is 1.48. The van der Waals surface area contributed by atoms with E-state index in [9.17, 15) is 14.4 Å². The molecule has 1 heterocycles. The van der Waals surface area contributed by atoms with Crippen LogP contribution in [0.1, 0.15) is 22.8 Å². The van der Waals surface area contributed by atoms with Crippen LogP contribution in [0, 0.1) is 0 Å². The third-order valence-electron chi connectivity index (χ3n) is 4.51. The minimum Gasteiger partial charge on any atom is -0.497 e. The molecule has 0 aliphatic carbocycles. The number of methoxy groups -OCH3 is 1. The number of ether oxygens (including phenoxy) is 1. The fourth-order valence-corrected chi connectivity index (χ4v) is 3.65. The summed E-state index contributed by atoms with van der Waals surface area (Å²) in [7, 11) is 1.61. The molecule has 1 fully saturated rings. The Bertz CT molecular complexity index is 919. The molecule has 1 saturated heterocycles. The van der Waals surface area contributed by atoms with Crippen molar-refractivity contribution in [2.45, 2.75) is 24.9 Å². The summed E-state index contributed by atoms with van der Waals surface area (Å²) < 4.78 is 5.14. The first-order valence-corrected chi connectivity index (χ1v) is 10.5. The fourth-order valence-electron chi connectivity index (χ4n) is 2.90. The van der Waals surface area contributed by atoms with Crippen molar-refractivity contribution in [3.05, 3.63) is 59.7 Å². The van der Waals surface area contributed by atoms with Crippen LogP contribution in [0.5, 0.6) is 5.75 Å². The molecule has 2 amide bonds. The van der Waals surface area contributed by atoms with Gasteiger partial charge in [-0.15, -0.1) is 11.8 Å². The number of hydrogen-bond donors (Lipinski definition) is 4. The molecule has 0 saturated carbocycles. The lowest BCUT2D eigenvalue weighted by Crippen LogP contribution is -2.64. The lowest BCUT2D eigenvalue weighted by molar-refractivity contribution is -0.125. The van der Waals surface area contributed by atoms with Gasteiger partial charge in [-0.1, -0.05) is 24.3 Å². The number of rotatable bonds is 8. The summed E-state index contributed by atoms with van der Waals surface area (Å²) in [6, 6.07) is 13.9. The van der Waals surface area contributed by atoms with Gasteiger partial charge in [-0.25, -0.2) is 10.9 Å². The molecule has 0 aromatic heterocycles. The molecule has 0 spiro atoms. The van der Waals surface area contributed by atoms with E-state index in [-0.39, 0.29) is 23.4 Å². The maximum atomic E-state index is 12.4. The van der Waals surface area contributed by atoms with Crippen LogP contribution in [0.3, 0.4) is 0 Å². The van der Waals surface area contributed by atoms with Crippen molar-refractivity contribution < 1.29 is 19.1 Å². The molecule has 2 atom stereocenters. The topological polar surface area (TPSA) is 109 Å². The van der Waals surface area contributed by atoms with Crippen molar-refractivity contribution in [3.63, 3.8) is 0 Å². The highest BCUT2D eigenvalue weighted by Gasteiger charge is 2.27. The first kappa shape index (κ1) is 21.8. The van der Waals surface area contributed by atoms with E-state index in [0.717, 1.165) is 11.3 Å². The van der Waals surface area contributed by atoms with E-state index >= 15 is 0 Å². The van der Waals surface area contributed by atoms with E-state index in [1.807, 2.05) is 24.3 Å². The van der Waals surface area contributed by atoms with Gasteiger partial charge in [0.1, 0.15) is 17.3 Å². The van der Waals surface area contributed by atoms with Gasteiger partial charge in [0.2, 0.25) is 11.8 Å². The molecule has 4 N–H and O–H groups in total. The number of ketones is 1. The van der Waals surface area contributed by atoms with Crippen LogP contribution in [0.15, 0.2) is 48.5 Å². The van der Waals surface area contributed by atoms with E-state index in [0.29, 0.717) is 17.7 Å². The number of Topliss-reactive ketones (excluding diaryl/α,β-unsaturated/α-hetero) is 1. The Morgan fingerprint density at radius 3 is 2.57 bits per heavy atom. The summed E-state index contributed by atoms with van der Waals surface area (Å²) >= 11 is 1.25. The fraction of sp³-hybridized carbons (Fsp3) is 0.286. The molecule has 158 valence electrons. The molecule has 3 rings (SSSR count). The maximum absolute atomic E-state index is 12.4. The average Bonchev–Trinajstić information content (AvgIpc) is 2.74. The molecule has 2 aromatic rings. The van der Waals surface area contributed by atoms with Gasteiger partial charge < -0.3 is 15.4 Å². The maximum Gasteiger partial charge on any atom is 0.240 e. The summed E-state index contributed by atoms with van der Waals surface area (Å²) in [5.41, 5.74) is 7.69. The summed E-state index contributed by atoms with van der Waals surface area (Å²) in [5.74, 6) is 0.465. The number of carbonyl (C=O) groups excluding carboxylic acids is 3. The van der Waals surface area contributed by atoms with Gasteiger partial charge in [0.25, 0.3) is 0 Å². The first-order chi connectivity index (χ1) is 14.4. The number of nitrogens with one attached hydrogen (secondary N) is 4. The molecule has 8 nitrogen and oxygen atoms in total. The molecular formula is C21H24N4O4S. The standard InChI is InChI=1S/C21H24N4O4S/c1-13(26)15-4-3-5-16(11-15)22-19(27)12-30-21-23-20(28)18(24-25-21)10-14-6-8-17(29-2)9-7-14/h3-9,11,18,21,24-25H,10,12H2,1-2H3,(H,22,27)(H,23,28). The average molecular weight is 429 g/mol. The van der Waals surface area contributed by atoms with Crippen LogP contribution in [-0.4, -0.2) is 42.0 Å². The van der Waals surface area contributed by atoms with E-state index in [2.05, 4.69) is 21.5 Å². The number of anilines is 1. The SMILES string of the molecule is COc1ccc(CC2NNC(SCC(=O)Nc3cccc(C(C)=O)c3)NC2=O)cc1. The number of hydrogen-bond acceptors (Lipinski definition) is 7. The molecule has 2 unspecified atom stereocenters. The minimum atomic E-state index is -0.432. The Morgan fingerprint density at radius 2 is 1.90 bits per heavy atom. The largest absolute Gasteiger partial charge is 0.497 e. The van der Waals surface area contributed by atoms with Gasteiger partial charge in [-0.05, 0) is 43.2 Å². The Morgan fingerprint density at radius 1 is 1.13 bits per heavy atom. The number of thioether (sulfide) groups is 1. The van der Waals surface area contributed by atoms with Crippen molar-refractivity contribution in [1.29, 1.82) is 0 Å². The lowest BCUT2D eigenvalue weighted by Gasteiger charge is -2.31. The molecule has 30 heavy (non-hydrogen) atoms. The normalized spacial score (nSPS) is 18.4. The minimum absolute atomic E-state index is 0.0649. The second-order valence-corrected chi connectivity index (χ2v) is 7.87. The molecule has 0 radical (unpaired) electrons. The molecule has 0 bridgehead atoms. The summed E-state index contributed by atoms with van der Waals surface area (Å²) in [4.78, 5) is 36.0. The van der Waals surface area contributed by atoms with Crippen LogP contribution >= 0.6 is 11.8 Å². The zero-order chi connectivity index (χ0) is 21.5. The number of carbonyl (C=O) groups is 3. The van der Waals surface area contributed by atoms with Crippen molar-refractivity contribution in [2.24, 2.45) is 0 Å². The number of amides is 2. The number of benzene rings is 2. The summed E-state index contributed by atoms with van der Waals surface area (Å²) in [5, 5.41) is 5.61. The van der Waals surface area contributed by atoms with E-state index in [4.69, 9.17) is 4.74 Å². The van der Waals surface area contributed by atoms with Crippen molar-refractivity contribution in [1.82, 2.24) is 16.2 Å². The Kier molecular flexibility index (Phi) is 7.45. The highest BCUT2D eigenvalue weighted by Crippen LogP contribution is 2.16. The van der Waals surface area contributed by atoms with Gasteiger partial charge in [0.05, 0.1) is 12.9 Å². The van der Waals surface area contributed by atoms with Gasteiger partial charge in [0.15, 0.2) is 5.78 Å².